The minimum absolute atomic E-state index is 0.591. The zero-order valence-corrected chi connectivity index (χ0v) is 5.12. The first-order valence-corrected chi connectivity index (χ1v) is 2.87. The van der Waals surface area contributed by atoms with E-state index < -0.39 is 6.10 Å². The highest BCUT2D eigenvalue weighted by Gasteiger charge is 1.95. The second-order valence-electron chi connectivity index (χ2n) is 1.93. The van der Waals surface area contributed by atoms with Gasteiger partial charge in [-0.15, -0.1) is 0 Å². The van der Waals surface area contributed by atoms with Crippen molar-refractivity contribution in [1.29, 1.82) is 0 Å². The van der Waals surface area contributed by atoms with E-state index in [1.165, 1.54) is 0 Å². The average Bonchev–Trinajstić information content (AvgIpc) is 1.90. The Balaban J connectivity index is 2.85. The molecule has 0 fully saturated rings. The summed E-state index contributed by atoms with van der Waals surface area (Å²) in [7, 11) is 0. The first-order valence-electron chi connectivity index (χ1n) is 2.87. The van der Waals surface area contributed by atoms with E-state index in [1.54, 1.807) is 0 Å². The molecule has 1 aromatic carbocycles. The van der Waals surface area contributed by atoms with Crippen molar-refractivity contribution in [3.8, 4) is 0 Å². The van der Waals surface area contributed by atoms with E-state index in [-0.39, 0.29) is 0 Å². The van der Waals surface area contributed by atoms with Crippen LogP contribution in [0.5, 0.6) is 0 Å². The van der Waals surface area contributed by atoms with Gasteiger partial charge in [0.15, 0.2) is 0 Å². The largest absolute Gasteiger partial charge is 0.388 e. The summed E-state index contributed by atoms with van der Waals surface area (Å²) < 4.78 is 0. The van der Waals surface area contributed by atoms with Gasteiger partial charge in [-0.2, -0.15) is 0 Å². The van der Waals surface area contributed by atoms with Crippen LogP contribution >= 0.6 is 0 Å². The topological polar surface area (TPSA) is 20.2 Å². The third kappa shape index (κ3) is 1.54. The SMILES string of the molecule is [CH2][C@H](O)c1ccccc1. The number of benzene rings is 1. The van der Waals surface area contributed by atoms with Crippen LogP contribution in [0.2, 0.25) is 0 Å². The normalized spacial score (nSPS) is 13.1. The van der Waals surface area contributed by atoms with Gasteiger partial charge in [0, 0.05) is 0 Å². The molecule has 0 saturated carbocycles. The van der Waals surface area contributed by atoms with E-state index in [2.05, 4.69) is 6.92 Å². The van der Waals surface area contributed by atoms with Gasteiger partial charge in [-0.05, 0) is 12.5 Å². The molecule has 1 aromatic rings. The first-order chi connectivity index (χ1) is 4.30. The molecule has 1 rings (SSSR count). The lowest BCUT2D eigenvalue weighted by atomic mass is 10.1. The summed E-state index contributed by atoms with van der Waals surface area (Å²) in [6.45, 7) is 3.46. The molecule has 0 bridgehead atoms. The van der Waals surface area contributed by atoms with Gasteiger partial charge in [0.25, 0.3) is 0 Å². The summed E-state index contributed by atoms with van der Waals surface area (Å²) in [5, 5.41) is 8.91. The zero-order valence-electron chi connectivity index (χ0n) is 5.12. The van der Waals surface area contributed by atoms with Crippen LogP contribution in [0, 0.1) is 6.92 Å². The highest BCUT2D eigenvalue weighted by molar-refractivity contribution is 5.17. The predicted octanol–water partition coefficient (Wildman–Crippen LogP) is 1.55. The molecule has 0 saturated heterocycles. The quantitative estimate of drug-likeness (QED) is 0.597. The molecule has 9 heavy (non-hydrogen) atoms. The van der Waals surface area contributed by atoms with E-state index in [9.17, 15) is 0 Å². The van der Waals surface area contributed by atoms with Crippen molar-refractivity contribution >= 4 is 0 Å². The highest BCUT2D eigenvalue weighted by atomic mass is 16.3. The second kappa shape index (κ2) is 2.65. The number of rotatable bonds is 1. The summed E-state index contributed by atoms with van der Waals surface area (Å²) in [4.78, 5) is 0. The van der Waals surface area contributed by atoms with Crippen LogP contribution in [0.4, 0.5) is 0 Å². The van der Waals surface area contributed by atoms with Gasteiger partial charge >= 0.3 is 0 Å². The molecular weight excluding hydrogens is 112 g/mol. The van der Waals surface area contributed by atoms with Crippen LogP contribution in [-0.2, 0) is 0 Å². The van der Waals surface area contributed by atoms with Crippen LogP contribution in [-0.4, -0.2) is 5.11 Å². The predicted molar refractivity (Wildman–Crippen MR) is 36.8 cm³/mol. The molecule has 0 aliphatic heterocycles. The Morgan fingerprint density at radius 1 is 1.22 bits per heavy atom. The Morgan fingerprint density at radius 2 is 1.78 bits per heavy atom. The summed E-state index contributed by atoms with van der Waals surface area (Å²) in [6, 6.07) is 9.36. The summed E-state index contributed by atoms with van der Waals surface area (Å²) in [5.74, 6) is 0. The molecule has 1 atom stereocenters. The molecule has 1 radical (unpaired) electrons. The van der Waals surface area contributed by atoms with Gasteiger partial charge < -0.3 is 5.11 Å². The number of aliphatic hydroxyl groups excluding tert-OH is 1. The molecule has 47 valence electrons. The lowest BCUT2D eigenvalue weighted by Crippen LogP contribution is -1.88. The van der Waals surface area contributed by atoms with Crippen LogP contribution < -0.4 is 0 Å². The van der Waals surface area contributed by atoms with Crippen LogP contribution in [0.15, 0.2) is 30.3 Å². The van der Waals surface area contributed by atoms with Gasteiger partial charge in [-0.25, -0.2) is 0 Å². The van der Waals surface area contributed by atoms with Crippen LogP contribution in [0.3, 0.4) is 0 Å². The number of hydrogen-bond donors (Lipinski definition) is 1. The van der Waals surface area contributed by atoms with E-state index in [0.717, 1.165) is 5.56 Å². The van der Waals surface area contributed by atoms with E-state index in [4.69, 9.17) is 5.11 Å². The molecular formula is C8H9O. The van der Waals surface area contributed by atoms with Gasteiger partial charge in [-0.3, -0.25) is 0 Å². The minimum Gasteiger partial charge on any atom is -0.388 e. The molecule has 0 aromatic heterocycles. The fourth-order valence-electron chi connectivity index (χ4n) is 0.675. The monoisotopic (exact) mass is 121 g/mol. The van der Waals surface area contributed by atoms with E-state index in [0.29, 0.717) is 0 Å². The smallest absolute Gasteiger partial charge is 0.0791 e. The van der Waals surface area contributed by atoms with Gasteiger partial charge in [0.05, 0.1) is 6.10 Å². The maximum Gasteiger partial charge on any atom is 0.0791 e. The van der Waals surface area contributed by atoms with Crippen molar-refractivity contribution in [2.75, 3.05) is 0 Å². The molecule has 1 nitrogen and oxygen atoms in total. The fourth-order valence-corrected chi connectivity index (χ4v) is 0.675. The van der Waals surface area contributed by atoms with Crippen molar-refractivity contribution in [2.45, 2.75) is 6.10 Å². The molecule has 1 N–H and O–H groups in total. The second-order valence-corrected chi connectivity index (χ2v) is 1.93. The van der Waals surface area contributed by atoms with E-state index in [1.807, 2.05) is 30.3 Å². The minimum atomic E-state index is -0.591. The summed E-state index contributed by atoms with van der Waals surface area (Å²) in [5.41, 5.74) is 0.859. The maximum absolute atomic E-state index is 8.91. The first kappa shape index (κ1) is 6.30. The van der Waals surface area contributed by atoms with Gasteiger partial charge in [0.1, 0.15) is 0 Å². The Kier molecular flexibility index (Phi) is 1.85. The van der Waals surface area contributed by atoms with Gasteiger partial charge in [0.2, 0.25) is 0 Å². The maximum atomic E-state index is 8.91. The van der Waals surface area contributed by atoms with Crippen LogP contribution in [0.1, 0.15) is 11.7 Å². The van der Waals surface area contributed by atoms with E-state index >= 15 is 0 Å². The molecule has 0 unspecified atom stereocenters. The fraction of sp³-hybridized carbons (Fsp3) is 0.125. The Bertz CT molecular complexity index is 167. The summed E-state index contributed by atoms with van der Waals surface area (Å²) >= 11 is 0. The highest BCUT2D eigenvalue weighted by Crippen LogP contribution is 2.08. The molecule has 0 aliphatic rings. The average molecular weight is 121 g/mol. The molecule has 0 spiro atoms. The van der Waals surface area contributed by atoms with Crippen molar-refractivity contribution in [3.63, 3.8) is 0 Å². The Morgan fingerprint density at radius 3 is 2.11 bits per heavy atom. The molecule has 1 heteroatoms. The standard InChI is InChI=1S/C8H9O/c1-7(9)8-5-3-2-4-6-8/h2-7,9H,1H2/t7-/m0/s1. The lowest BCUT2D eigenvalue weighted by Gasteiger charge is -2.00. The summed E-state index contributed by atoms with van der Waals surface area (Å²) in [6.07, 6.45) is -0.591. The Hall–Kier alpha value is -0.820. The molecule has 0 amide bonds. The van der Waals surface area contributed by atoms with Crippen LogP contribution in [0.25, 0.3) is 0 Å². The van der Waals surface area contributed by atoms with Crippen molar-refractivity contribution < 1.29 is 5.11 Å². The van der Waals surface area contributed by atoms with Crippen molar-refractivity contribution in [2.24, 2.45) is 0 Å². The molecule has 0 aliphatic carbocycles. The Labute approximate surface area is 55.0 Å². The molecule has 0 heterocycles. The van der Waals surface area contributed by atoms with Gasteiger partial charge in [-0.1, -0.05) is 30.3 Å². The third-order valence-electron chi connectivity index (χ3n) is 1.18. The van der Waals surface area contributed by atoms with Crippen molar-refractivity contribution in [3.05, 3.63) is 42.8 Å². The third-order valence-corrected chi connectivity index (χ3v) is 1.18. The number of hydrogen-bond acceptors (Lipinski definition) is 1. The lowest BCUT2D eigenvalue weighted by molar-refractivity contribution is 0.226. The van der Waals surface area contributed by atoms with Crippen molar-refractivity contribution in [1.82, 2.24) is 0 Å². The zero-order chi connectivity index (χ0) is 6.69. The number of aliphatic hydroxyl groups is 1.